The predicted molar refractivity (Wildman–Crippen MR) is 199 cm³/mol. The SMILES string of the molecule is CCCCCCCCCCCCC/C=C/C(O)C(COP(=O)(O)OCCN(C)C)NC(=O)CCCCCCCCCCCCCCC. The highest BCUT2D eigenvalue weighted by molar-refractivity contribution is 7.47. The molecule has 0 aliphatic heterocycles. The second-order valence-electron chi connectivity index (χ2n) is 13.8. The van der Waals surface area contributed by atoms with Crippen LogP contribution in [-0.4, -0.2) is 66.8 Å². The van der Waals surface area contributed by atoms with Crippen molar-refractivity contribution in [2.45, 2.75) is 193 Å². The van der Waals surface area contributed by atoms with Crippen LogP contribution in [-0.2, 0) is 18.4 Å². The molecule has 3 N–H and O–H groups in total. The number of aliphatic hydroxyl groups is 1. The molecule has 0 saturated carbocycles. The fourth-order valence-corrected chi connectivity index (χ4v) is 6.39. The zero-order valence-corrected chi connectivity index (χ0v) is 32.1. The number of hydrogen-bond acceptors (Lipinski definition) is 6. The van der Waals surface area contributed by atoms with E-state index in [1.165, 1.54) is 122 Å². The van der Waals surface area contributed by atoms with Gasteiger partial charge < -0.3 is 20.2 Å². The van der Waals surface area contributed by atoms with Crippen LogP contribution in [0.3, 0.4) is 0 Å². The molecule has 0 aromatic heterocycles. The number of phosphoric acid groups is 1. The largest absolute Gasteiger partial charge is 0.472 e. The van der Waals surface area contributed by atoms with Crippen molar-refractivity contribution in [1.29, 1.82) is 0 Å². The van der Waals surface area contributed by atoms with E-state index in [-0.39, 0.29) is 19.1 Å². The van der Waals surface area contributed by atoms with E-state index < -0.39 is 20.0 Å². The molecule has 0 bridgehead atoms. The van der Waals surface area contributed by atoms with Crippen LogP contribution in [0.25, 0.3) is 0 Å². The number of aliphatic hydroxyl groups excluding tert-OH is 1. The summed E-state index contributed by atoms with van der Waals surface area (Å²) < 4.78 is 22.6. The van der Waals surface area contributed by atoms with Gasteiger partial charge in [0, 0.05) is 13.0 Å². The molecule has 0 radical (unpaired) electrons. The van der Waals surface area contributed by atoms with Gasteiger partial charge in [0.25, 0.3) is 0 Å². The molecule has 47 heavy (non-hydrogen) atoms. The Hall–Kier alpha value is -0.760. The molecule has 0 fully saturated rings. The highest BCUT2D eigenvalue weighted by atomic mass is 31.2. The number of hydrogen-bond donors (Lipinski definition) is 3. The van der Waals surface area contributed by atoms with Crippen molar-refractivity contribution in [3.8, 4) is 0 Å². The zero-order valence-electron chi connectivity index (χ0n) is 31.2. The lowest BCUT2D eigenvalue weighted by Gasteiger charge is -2.23. The number of unbranched alkanes of at least 4 members (excludes halogenated alkanes) is 23. The summed E-state index contributed by atoms with van der Waals surface area (Å²) in [6.07, 6.45) is 34.1. The van der Waals surface area contributed by atoms with Crippen LogP contribution in [0, 0.1) is 0 Å². The third kappa shape index (κ3) is 33.5. The van der Waals surface area contributed by atoms with Crippen molar-refractivity contribution in [1.82, 2.24) is 10.2 Å². The van der Waals surface area contributed by atoms with E-state index in [4.69, 9.17) is 9.05 Å². The number of phosphoric ester groups is 1. The summed E-state index contributed by atoms with van der Waals surface area (Å²) >= 11 is 0. The van der Waals surface area contributed by atoms with Crippen LogP contribution in [0.4, 0.5) is 0 Å². The minimum absolute atomic E-state index is 0.0399. The van der Waals surface area contributed by atoms with Gasteiger partial charge in [0.2, 0.25) is 5.91 Å². The van der Waals surface area contributed by atoms with E-state index in [0.29, 0.717) is 13.0 Å². The number of rotatable bonds is 36. The summed E-state index contributed by atoms with van der Waals surface area (Å²) in [6, 6.07) is -0.837. The van der Waals surface area contributed by atoms with E-state index in [9.17, 15) is 19.4 Å². The molecule has 0 rings (SSSR count). The van der Waals surface area contributed by atoms with Crippen LogP contribution in [0.1, 0.15) is 181 Å². The summed E-state index contributed by atoms with van der Waals surface area (Å²) in [5.74, 6) is -0.180. The zero-order chi connectivity index (χ0) is 34.9. The number of carbonyl (C=O) groups excluding carboxylic acids is 1. The molecule has 0 aromatic rings. The van der Waals surface area contributed by atoms with Gasteiger partial charge in [-0.05, 0) is 33.4 Å². The average molecular weight is 689 g/mol. The monoisotopic (exact) mass is 689 g/mol. The molecule has 0 aromatic carbocycles. The van der Waals surface area contributed by atoms with Crippen molar-refractivity contribution in [3.63, 3.8) is 0 Å². The van der Waals surface area contributed by atoms with Gasteiger partial charge >= 0.3 is 7.82 Å². The first-order valence-electron chi connectivity index (χ1n) is 19.6. The van der Waals surface area contributed by atoms with Crippen molar-refractivity contribution >= 4 is 13.7 Å². The third-order valence-corrected chi connectivity index (χ3v) is 9.77. The molecule has 0 spiro atoms. The first-order chi connectivity index (χ1) is 22.7. The quantitative estimate of drug-likeness (QED) is 0.0341. The maximum Gasteiger partial charge on any atom is 0.472 e. The molecule has 3 atom stereocenters. The number of likely N-dealkylation sites (N-methyl/N-ethyl adjacent to an activating group) is 1. The Labute approximate surface area is 290 Å². The minimum atomic E-state index is -4.31. The predicted octanol–water partition coefficient (Wildman–Crippen LogP) is 10.3. The molecule has 280 valence electrons. The molecule has 8 nitrogen and oxygen atoms in total. The summed E-state index contributed by atoms with van der Waals surface area (Å²) in [7, 11) is -0.627. The van der Waals surface area contributed by atoms with Gasteiger partial charge in [-0.15, -0.1) is 0 Å². The van der Waals surface area contributed by atoms with Gasteiger partial charge in [0.15, 0.2) is 0 Å². The van der Waals surface area contributed by atoms with Crippen molar-refractivity contribution in [2.75, 3.05) is 33.9 Å². The van der Waals surface area contributed by atoms with Crippen LogP contribution >= 0.6 is 7.82 Å². The van der Waals surface area contributed by atoms with Crippen LogP contribution < -0.4 is 5.32 Å². The first kappa shape index (κ1) is 46.2. The van der Waals surface area contributed by atoms with Crippen molar-refractivity contribution < 1.29 is 28.4 Å². The molecule has 1 amide bonds. The summed E-state index contributed by atoms with van der Waals surface area (Å²) in [5, 5.41) is 13.7. The average Bonchev–Trinajstić information content (AvgIpc) is 3.03. The molecular formula is C38H77N2O6P. The Morgan fingerprint density at radius 2 is 1.13 bits per heavy atom. The van der Waals surface area contributed by atoms with Crippen LogP contribution in [0.15, 0.2) is 12.2 Å². The third-order valence-electron chi connectivity index (χ3n) is 8.78. The Kier molecular flexibility index (Phi) is 33.2. The van der Waals surface area contributed by atoms with E-state index in [2.05, 4.69) is 19.2 Å². The number of nitrogens with one attached hydrogen (secondary N) is 1. The Bertz CT molecular complexity index is 766. The van der Waals surface area contributed by atoms with Crippen LogP contribution in [0.2, 0.25) is 0 Å². The molecule has 0 heterocycles. The highest BCUT2D eigenvalue weighted by Crippen LogP contribution is 2.43. The summed E-state index contributed by atoms with van der Waals surface area (Å²) in [5.41, 5.74) is 0. The number of amides is 1. The lowest BCUT2D eigenvalue weighted by atomic mass is 10.0. The highest BCUT2D eigenvalue weighted by Gasteiger charge is 2.27. The molecule has 0 aliphatic rings. The number of nitrogens with zero attached hydrogens (tertiary/aromatic N) is 1. The van der Waals surface area contributed by atoms with Crippen LogP contribution in [0.5, 0.6) is 0 Å². The van der Waals surface area contributed by atoms with Gasteiger partial charge in [0.1, 0.15) is 0 Å². The molecule has 9 heteroatoms. The smallest absolute Gasteiger partial charge is 0.387 e. The first-order valence-corrected chi connectivity index (χ1v) is 21.1. The number of allylic oxidation sites excluding steroid dienone is 1. The molecule has 0 aliphatic carbocycles. The lowest BCUT2D eigenvalue weighted by molar-refractivity contribution is -0.123. The lowest BCUT2D eigenvalue weighted by Crippen LogP contribution is -2.45. The Morgan fingerprint density at radius 1 is 0.702 bits per heavy atom. The van der Waals surface area contributed by atoms with Gasteiger partial charge in [-0.2, -0.15) is 0 Å². The van der Waals surface area contributed by atoms with Gasteiger partial charge in [0.05, 0.1) is 25.4 Å². The summed E-state index contributed by atoms with van der Waals surface area (Å²) in [4.78, 5) is 24.7. The number of carbonyl (C=O) groups is 1. The Morgan fingerprint density at radius 3 is 1.57 bits per heavy atom. The molecule has 0 saturated heterocycles. The van der Waals surface area contributed by atoms with E-state index in [1.54, 1.807) is 6.08 Å². The second-order valence-corrected chi connectivity index (χ2v) is 15.3. The topological polar surface area (TPSA) is 108 Å². The van der Waals surface area contributed by atoms with Gasteiger partial charge in [-0.25, -0.2) is 4.57 Å². The second kappa shape index (κ2) is 33.7. The van der Waals surface area contributed by atoms with E-state index >= 15 is 0 Å². The van der Waals surface area contributed by atoms with Gasteiger partial charge in [-0.3, -0.25) is 13.8 Å². The fraction of sp³-hybridized carbons (Fsp3) is 0.921. The maximum absolute atomic E-state index is 12.7. The molecular weight excluding hydrogens is 611 g/mol. The Balaban J connectivity index is 4.43. The van der Waals surface area contributed by atoms with Crippen molar-refractivity contribution in [3.05, 3.63) is 12.2 Å². The summed E-state index contributed by atoms with van der Waals surface area (Å²) in [6.45, 7) is 4.70. The van der Waals surface area contributed by atoms with Crippen molar-refractivity contribution in [2.24, 2.45) is 0 Å². The fourth-order valence-electron chi connectivity index (χ4n) is 5.65. The standard InChI is InChI=1S/C38H77N2O6P/c1-5-7-9-11-13-15-17-19-21-23-25-27-29-31-37(41)36(35-46-47(43,44)45-34-33-40(3)4)39-38(42)32-30-28-26-24-22-20-18-16-14-12-10-8-6-2/h29,31,36-37,41H,5-28,30,32-35H2,1-4H3,(H,39,42)(H,43,44)/b31-29+. The normalized spacial score (nSPS) is 14.5. The maximum atomic E-state index is 12.7. The molecule has 3 unspecified atom stereocenters. The minimum Gasteiger partial charge on any atom is -0.387 e. The van der Waals surface area contributed by atoms with E-state index in [0.717, 1.165) is 38.5 Å². The van der Waals surface area contributed by atoms with E-state index in [1.807, 2.05) is 25.1 Å². The van der Waals surface area contributed by atoms with Gasteiger partial charge in [-0.1, -0.05) is 167 Å².